The Bertz CT molecular complexity index is 1080. The van der Waals surface area contributed by atoms with Crippen molar-refractivity contribution in [3.63, 3.8) is 0 Å². The normalized spacial score (nSPS) is 11.7. The first-order valence-electron chi connectivity index (χ1n) is 8.36. The number of hydrogen-bond donors (Lipinski definition) is 2. The molecule has 27 heavy (non-hydrogen) atoms. The Hall–Kier alpha value is -2.65. The third-order valence-electron chi connectivity index (χ3n) is 4.00. The Morgan fingerprint density at radius 2 is 2.26 bits per heavy atom. The van der Waals surface area contributed by atoms with Gasteiger partial charge in [-0.3, -0.25) is 4.79 Å². The molecule has 0 fully saturated rings. The standard InChI is InChI=1S/C18H20N4O3S2/c1-4-8-22-16(19)15(27-18(22)26)17(23)21-20-10(2)13-9-11-6-5-7-12(24-3)14(11)25-13/h5-7,9H,4,8,19H2,1-3H3,(H,21,23)/b20-10-. The van der Waals surface area contributed by atoms with E-state index in [1.165, 1.54) is 11.3 Å². The van der Waals surface area contributed by atoms with Gasteiger partial charge >= 0.3 is 0 Å². The smallest absolute Gasteiger partial charge is 0.285 e. The fourth-order valence-electron chi connectivity index (χ4n) is 2.63. The Balaban J connectivity index is 1.83. The van der Waals surface area contributed by atoms with Crippen molar-refractivity contribution in [2.24, 2.45) is 5.10 Å². The van der Waals surface area contributed by atoms with Gasteiger partial charge in [-0.2, -0.15) is 5.10 Å². The number of amides is 1. The number of thiazole rings is 1. The second-order valence-corrected chi connectivity index (χ2v) is 7.51. The number of furan rings is 1. The Morgan fingerprint density at radius 1 is 1.48 bits per heavy atom. The predicted molar refractivity (Wildman–Crippen MR) is 110 cm³/mol. The molecule has 0 saturated heterocycles. The van der Waals surface area contributed by atoms with Crippen molar-refractivity contribution in [3.05, 3.63) is 38.9 Å². The SMILES string of the molecule is CCCn1c(N)c(C(=O)N/N=C(/C)c2cc3cccc(OC)c3o2)sc1=S. The molecule has 3 rings (SSSR count). The number of aromatic nitrogens is 1. The van der Waals surface area contributed by atoms with Gasteiger partial charge in [-0.1, -0.05) is 30.4 Å². The summed E-state index contributed by atoms with van der Waals surface area (Å²) in [6.45, 7) is 4.45. The van der Waals surface area contributed by atoms with Crippen LogP contribution in [0.3, 0.4) is 0 Å². The highest BCUT2D eigenvalue weighted by molar-refractivity contribution is 7.73. The maximum absolute atomic E-state index is 12.4. The summed E-state index contributed by atoms with van der Waals surface area (Å²) in [5.41, 5.74) is 9.74. The fraction of sp³-hybridized carbons (Fsp3) is 0.278. The molecule has 0 aliphatic rings. The monoisotopic (exact) mass is 404 g/mol. The van der Waals surface area contributed by atoms with Crippen molar-refractivity contribution < 1.29 is 13.9 Å². The summed E-state index contributed by atoms with van der Waals surface area (Å²) in [5, 5.41) is 5.03. The third kappa shape index (κ3) is 3.74. The summed E-state index contributed by atoms with van der Waals surface area (Å²) in [4.78, 5) is 12.8. The molecule has 2 aromatic heterocycles. The molecule has 0 saturated carbocycles. The highest BCUT2D eigenvalue weighted by Gasteiger charge is 2.17. The molecule has 1 aromatic carbocycles. The zero-order chi connectivity index (χ0) is 19.6. The number of para-hydroxylation sites is 1. The van der Waals surface area contributed by atoms with E-state index in [0.29, 0.717) is 44.0 Å². The molecule has 0 radical (unpaired) electrons. The van der Waals surface area contributed by atoms with E-state index in [2.05, 4.69) is 10.5 Å². The molecule has 9 heteroatoms. The van der Waals surface area contributed by atoms with Crippen LogP contribution in [0.4, 0.5) is 5.82 Å². The van der Waals surface area contributed by atoms with E-state index in [1.807, 2.05) is 31.2 Å². The number of nitrogens with two attached hydrogens (primary N) is 1. The number of anilines is 1. The molecule has 3 N–H and O–H groups in total. The zero-order valence-corrected chi connectivity index (χ0v) is 16.9. The van der Waals surface area contributed by atoms with E-state index in [0.717, 1.165) is 11.8 Å². The molecule has 0 aliphatic heterocycles. The van der Waals surface area contributed by atoms with E-state index in [-0.39, 0.29) is 0 Å². The van der Waals surface area contributed by atoms with Crippen LogP contribution in [-0.2, 0) is 6.54 Å². The lowest BCUT2D eigenvalue weighted by Gasteiger charge is -2.04. The summed E-state index contributed by atoms with van der Waals surface area (Å²) in [5.74, 6) is 1.15. The molecule has 2 heterocycles. The molecule has 0 unspecified atom stereocenters. The Labute approximate surface area is 165 Å². The van der Waals surface area contributed by atoms with Gasteiger partial charge in [0, 0.05) is 11.9 Å². The number of nitrogen functional groups attached to an aromatic ring is 1. The summed E-state index contributed by atoms with van der Waals surface area (Å²) in [6, 6.07) is 7.47. The molecule has 0 bridgehead atoms. The Kier molecular flexibility index (Phi) is 5.62. The molecule has 0 atom stereocenters. The summed E-state index contributed by atoms with van der Waals surface area (Å²) < 4.78 is 13.4. The highest BCUT2D eigenvalue weighted by Crippen LogP contribution is 2.28. The van der Waals surface area contributed by atoms with E-state index < -0.39 is 5.91 Å². The molecule has 142 valence electrons. The van der Waals surface area contributed by atoms with Crippen LogP contribution in [-0.4, -0.2) is 23.3 Å². The van der Waals surface area contributed by atoms with Gasteiger partial charge in [-0.25, -0.2) is 5.43 Å². The van der Waals surface area contributed by atoms with Crippen LogP contribution in [0.25, 0.3) is 11.0 Å². The molecule has 3 aromatic rings. The minimum atomic E-state index is -0.397. The van der Waals surface area contributed by atoms with Crippen LogP contribution >= 0.6 is 23.6 Å². The van der Waals surface area contributed by atoms with Gasteiger partial charge in [0.15, 0.2) is 21.0 Å². The van der Waals surface area contributed by atoms with Crippen molar-refractivity contribution in [2.45, 2.75) is 26.8 Å². The van der Waals surface area contributed by atoms with Crippen molar-refractivity contribution in [1.82, 2.24) is 9.99 Å². The lowest BCUT2D eigenvalue weighted by atomic mass is 10.2. The fourth-order valence-corrected chi connectivity index (χ4v) is 3.90. The summed E-state index contributed by atoms with van der Waals surface area (Å²) in [6.07, 6.45) is 0.878. The molecule has 0 spiro atoms. The second-order valence-electron chi connectivity index (χ2n) is 5.86. The summed E-state index contributed by atoms with van der Waals surface area (Å²) in [7, 11) is 1.59. The van der Waals surface area contributed by atoms with Crippen LogP contribution in [0.2, 0.25) is 0 Å². The van der Waals surface area contributed by atoms with E-state index >= 15 is 0 Å². The molecule has 0 aliphatic carbocycles. The number of carbonyl (C=O) groups excluding carboxylic acids is 1. The van der Waals surface area contributed by atoms with Crippen LogP contribution in [0.15, 0.2) is 33.8 Å². The number of hydrogen-bond acceptors (Lipinski definition) is 7. The topological polar surface area (TPSA) is 94.8 Å². The van der Waals surface area contributed by atoms with Crippen LogP contribution in [0.1, 0.15) is 35.7 Å². The number of carbonyl (C=O) groups is 1. The van der Waals surface area contributed by atoms with Crippen molar-refractivity contribution in [1.29, 1.82) is 0 Å². The van der Waals surface area contributed by atoms with Gasteiger partial charge in [-0.15, -0.1) is 0 Å². The number of nitrogens with zero attached hydrogens (tertiary/aromatic N) is 2. The number of ether oxygens (including phenoxy) is 1. The van der Waals surface area contributed by atoms with Gasteiger partial charge < -0.3 is 19.5 Å². The average molecular weight is 405 g/mol. The number of benzene rings is 1. The quantitative estimate of drug-likeness (QED) is 0.365. The highest BCUT2D eigenvalue weighted by atomic mass is 32.1. The lowest BCUT2D eigenvalue weighted by Crippen LogP contribution is -2.20. The van der Waals surface area contributed by atoms with Crippen molar-refractivity contribution in [2.75, 3.05) is 12.8 Å². The van der Waals surface area contributed by atoms with E-state index in [4.69, 9.17) is 27.1 Å². The zero-order valence-electron chi connectivity index (χ0n) is 15.2. The van der Waals surface area contributed by atoms with Gasteiger partial charge in [-0.05, 0) is 37.7 Å². The van der Waals surface area contributed by atoms with Crippen LogP contribution in [0.5, 0.6) is 5.75 Å². The molecule has 7 nitrogen and oxygen atoms in total. The molecular formula is C18H20N4O3S2. The molecule has 1 amide bonds. The van der Waals surface area contributed by atoms with Crippen LogP contribution < -0.4 is 15.9 Å². The second kappa shape index (κ2) is 7.93. The number of hydrazone groups is 1. The number of nitrogens with one attached hydrogen (secondary N) is 1. The Morgan fingerprint density at radius 3 is 2.96 bits per heavy atom. The van der Waals surface area contributed by atoms with Gasteiger partial charge in [0.2, 0.25) is 0 Å². The molecular weight excluding hydrogens is 384 g/mol. The van der Waals surface area contributed by atoms with Crippen molar-refractivity contribution >= 4 is 52.0 Å². The largest absolute Gasteiger partial charge is 0.493 e. The van der Waals surface area contributed by atoms with E-state index in [1.54, 1.807) is 18.6 Å². The van der Waals surface area contributed by atoms with Crippen molar-refractivity contribution in [3.8, 4) is 5.75 Å². The number of rotatable bonds is 6. The first kappa shape index (κ1) is 19.1. The van der Waals surface area contributed by atoms with Crippen LogP contribution in [0, 0.1) is 3.95 Å². The maximum atomic E-state index is 12.4. The van der Waals surface area contributed by atoms with Gasteiger partial charge in [0.05, 0.1) is 7.11 Å². The van der Waals surface area contributed by atoms with E-state index in [9.17, 15) is 4.79 Å². The lowest BCUT2D eigenvalue weighted by molar-refractivity contribution is 0.0959. The average Bonchev–Trinajstić information content (AvgIpc) is 3.22. The summed E-state index contributed by atoms with van der Waals surface area (Å²) >= 11 is 6.45. The number of fused-ring (bicyclic) bond motifs is 1. The van der Waals surface area contributed by atoms with Gasteiger partial charge in [0.1, 0.15) is 16.4 Å². The minimum absolute atomic E-state index is 0.358. The minimum Gasteiger partial charge on any atom is -0.493 e. The third-order valence-corrected chi connectivity index (χ3v) is 5.46. The first-order valence-corrected chi connectivity index (χ1v) is 9.59. The van der Waals surface area contributed by atoms with Gasteiger partial charge in [0.25, 0.3) is 5.91 Å². The predicted octanol–water partition coefficient (Wildman–Crippen LogP) is 4.18. The number of methoxy groups -OCH3 is 1. The first-order chi connectivity index (χ1) is 13.0. The maximum Gasteiger partial charge on any atom is 0.285 e.